The number of benzene rings is 1. The summed E-state index contributed by atoms with van der Waals surface area (Å²) < 4.78 is 10.5. The van der Waals surface area contributed by atoms with Crippen molar-refractivity contribution in [3.8, 4) is 11.5 Å². The minimum atomic E-state index is -0.796. The minimum absolute atomic E-state index is 0.181. The first-order valence-corrected chi connectivity index (χ1v) is 7.47. The van der Waals surface area contributed by atoms with Gasteiger partial charge in [-0.15, -0.1) is 0 Å². The van der Waals surface area contributed by atoms with Crippen LogP contribution in [0.3, 0.4) is 0 Å². The Kier molecular flexibility index (Phi) is 3.65. The van der Waals surface area contributed by atoms with Gasteiger partial charge in [0.2, 0.25) is 6.79 Å². The molecule has 1 aliphatic heterocycles. The molecule has 0 bridgehead atoms. The first kappa shape index (κ1) is 14.9. The van der Waals surface area contributed by atoms with E-state index in [2.05, 4.69) is 25.8 Å². The summed E-state index contributed by atoms with van der Waals surface area (Å²) in [6, 6.07) is 8.77. The number of aromatic amines is 1. The lowest BCUT2D eigenvalue weighted by molar-refractivity contribution is -0.136. The number of fused-ring (bicyclic) bond motifs is 2. The maximum absolute atomic E-state index is 12.0. The van der Waals surface area contributed by atoms with Gasteiger partial charge in [0.15, 0.2) is 17.1 Å². The molecule has 9 heteroatoms. The second-order valence-electron chi connectivity index (χ2n) is 5.30. The molecular formula is C16H13N5O4. The SMILES string of the molecule is O=C(NCc1ccc2c(c1)OCO2)C(=O)Nc1[nH]nc2ncccc12. The molecule has 0 saturated heterocycles. The van der Waals surface area contributed by atoms with Crippen molar-refractivity contribution in [2.75, 3.05) is 12.1 Å². The zero-order valence-corrected chi connectivity index (χ0v) is 12.9. The van der Waals surface area contributed by atoms with E-state index in [1.807, 2.05) is 0 Å². The van der Waals surface area contributed by atoms with E-state index in [1.165, 1.54) is 0 Å². The summed E-state index contributed by atoms with van der Waals surface area (Å²) >= 11 is 0. The molecule has 2 aromatic heterocycles. The van der Waals surface area contributed by atoms with Gasteiger partial charge in [-0.1, -0.05) is 6.07 Å². The molecule has 3 N–H and O–H groups in total. The molecule has 0 fully saturated rings. The zero-order valence-electron chi connectivity index (χ0n) is 12.9. The number of carbonyl (C=O) groups is 2. The highest BCUT2D eigenvalue weighted by Gasteiger charge is 2.17. The van der Waals surface area contributed by atoms with Gasteiger partial charge in [0.05, 0.1) is 5.39 Å². The molecule has 126 valence electrons. The van der Waals surface area contributed by atoms with Crippen LogP contribution in [0.5, 0.6) is 11.5 Å². The fourth-order valence-corrected chi connectivity index (χ4v) is 2.43. The van der Waals surface area contributed by atoms with E-state index in [1.54, 1.807) is 36.5 Å². The first-order valence-electron chi connectivity index (χ1n) is 7.47. The number of H-pyrrole nitrogens is 1. The quantitative estimate of drug-likeness (QED) is 0.611. The number of nitrogens with one attached hydrogen (secondary N) is 3. The molecule has 9 nitrogen and oxygen atoms in total. The third kappa shape index (κ3) is 2.94. The molecule has 3 heterocycles. The van der Waals surface area contributed by atoms with Crippen molar-refractivity contribution in [2.45, 2.75) is 6.54 Å². The monoisotopic (exact) mass is 339 g/mol. The number of amides is 2. The number of nitrogens with zero attached hydrogens (tertiary/aromatic N) is 2. The maximum atomic E-state index is 12.0. The standard InChI is InChI=1S/C16H13N5O4/c22-15(18-7-9-3-4-11-12(6-9)25-8-24-11)16(23)19-14-10-2-1-5-17-13(10)20-21-14/h1-6H,7-8H2,(H,18,22)(H2,17,19,20,21,23). The fourth-order valence-electron chi connectivity index (χ4n) is 2.43. The second-order valence-corrected chi connectivity index (χ2v) is 5.30. The Morgan fingerprint density at radius 1 is 1.16 bits per heavy atom. The van der Waals surface area contributed by atoms with Crippen LogP contribution in [0.15, 0.2) is 36.5 Å². The van der Waals surface area contributed by atoms with Gasteiger partial charge in [0.25, 0.3) is 0 Å². The average molecular weight is 339 g/mol. The maximum Gasteiger partial charge on any atom is 0.314 e. The van der Waals surface area contributed by atoms with Crippen LogP contribution in [0.1, 0.15) is 5.56 Å². The van der Waals surface area contributed by atoms with Crippen molar-refractivity contribution in [3.63, 3.8) is 0 Å². The molecule has 25 heavy (non-hydrogen) atoms. The molecule has 3 aromatic rings. The van der Waals surface area contributed by atoms with Crippen LogP contribution >= 0.6 is 0 Å². The van der Waals surface area contributed by atoms with Crippen molar-refractivity contribution in [2.24, 2.45) is 0 Å². The Hall–Kier alpha value is -3.62. The van der Waals surface area contributed by atoms with Gasteiger partial charge in [-0.05, 0) is 29.8 Å². The van der Waals surface area contributed by atoms with Crippen molar-refractivity contribution in [1.82, 2.24) is 20.5 Å². The molecule has 0 unspecified atom stereocenters. The molecule has 0 atom stereocenters. The van der Waals surface area contributed by atoms with Crippen molar-refractivity contribution in [1.29, 1.82) is 0 Å². The van der Waals surface area contributed by atoms with Crippen molar-refractivity contribution >= 4 is 28.7 Å². The Labute approximate surface area is 141 Å². The number of carbonyl (C=O) groups excluding carboxylic acids is 2. The van der Waals surface area contributed by atoms with Crippen LogP contribution in [0, 0.1) is 0 Å². The number of aromatic nitrogens is 3. The van der Waals surface area contributed by atoms with Gasteiger partial charge < -0.3 is 20.1 Å². The number of hydrogen-bond donors (Lipinski definition) is 3. The first-order chi connectivity index (χ1) is 12.2. The van der Waals surface area contributed by atoms with Gasteiger partial charge in [0, 0.05) is 12.7 Å². The Morgan fingerprint density at radius 3 is 2.96 bits per heavy atom. The van der Waals surface area contributed by atoms with Crippen molar-refractivity contribution in [3.05, 3.63) is 42.1 Å². The summed E-state index contributed by atoms with van der Waals surface area (Å²) in [5, 5.41) is 12.3. The van der Waals surface area contributed by atoms with Gasteiger partial charge >= 0.3 is 11.8 Å². The van der Waals surface area contributed by atoms with Crippen LogP contribution < -0.4 is 20.1 Å². The number of rotatable bonds is 3. The van der Waals surface area contributed by atoms with Gasteiger partial charge in [-0.25, -0.2) is 4.98 Å². The number of anilines is 1. The van der Waals surface area contributed by atoms with Crippen LogP contribution in [0.2, 0.25) is 0 Å². The van der Waals surface area contributed by atoms with E-state index in [0.29, 0.717) is 28.4 Å². The Bertz CT molecular complexity index is 968. The predicted molar refractivity (Wildman–Crippen MR) is 86.9 cm³/mol. The summed E-state index contributed by atoms with van der Waals surface area (Å²) in [5.74, 6) is 0.0472. The highest BCUT2D eigenvalue weighted by Crippen LogP contribution is 2.32. The van der Waals surface area contributed by atoms with Gasteiger partial charge in [0.1, 0.15) is 5.82 Å². The molecule has 2 amide bonds. The van der Waals surface area contributed by atoms with Crippen LogP contribution in [-0.4, -0.2) is 33.8 Å². The minimum Gasteiger partial charge on any atom is -0.454 e. The third-order valence-electron chi connectivity index (χ3n) is 3.66. The summed E-state index contributed by atoms with van der Waals surface area (Å²) in [7, 11) is 0. The van der Waals surface area contributed by atoms with Crippen LogP contribution in [0.25, 0.3) is 11.0 Å². The highest BCUT2D eigenvalue weighted by molar-refractivity contribution is 6.40. The lowest BCUT2D eigenvalue weighted by atomic mass is 10.2. The Morgan fingerprint density at radius 2 is 2.04 bits per heavy atom. The highest BCUT2D eigenvalue weighted by atomic mass is 16.7. The molecular weight excluding hydrogens is 326 g/mol. The van der Waals surface area contributed by atoms with E-state index in [4.69, 9.17) is 9.47 Å². The number of pyridine rings is 1. The van der Waals surface area contributed by atoms with E-state index in [0.717, 1.165) is 5.56 Å². The van der Waals surface area contributed by atoms with E-state index in [9.17, 15) is 9.59 Å². The van der Waals surface area contributed by atoms with Gasteiger partial charge in [-0.3, -0.25) is 14.7 Å². The molecule has 4 rings (SSSR count). The summed E-state index contributed by atoms with van der Waals surface area (Å²) in [4.78, 5) is 28.1. The second kappa shape index (κ2) is 6.11. The largest absolute Gasteiger partial charge is 0.454 e. The lowest BCUT2D eigenvalue weighted by Crippen LogP contribution is -2.35. The zero-order chi connectivity index (χ0) is 17.2. The summed E-state index contributed by atoms with van der Waals surface area (Å²) in [5.41, 5.74) is 1.25. The number of ether oxygens (including phenoxy) is 2. The Balaban J connectivity index is 1.38. The molecule has 0 aliphatic carbocycles. The van der Waals surface area contributed by atoms with Gasteiger partial charge in [-0.2, -0.15) is 5.10 Å². The topological polar surface area (TPSA) is 118 Å². The van der Waals surface area contributed by atoms with Crippen LogP contribution in [-0.2, 0) is 16.1 Å². The molecule has 0 saturated carbocycles. The molecule has 1 aliphatic rings. The molecule has 1 aromatic carbocycles. The van der Waals surface area contributed by atoms with E-state index in [-0.39, 0.29) is 13.3 Å². The summed E-state index contributed by atoms with van der Waals surface area (Å²) in [6.07, 6.45) is 1.59. The average Bonchev–Trinajstić information content (AvgIpc) is 3.26. The van der Waals surface area contributed by atoms with Crippen LogP contribution in [0.4, 0.5) is 5.82 Å². The third-order valence-corrected chi connectivity index (χ3v) is 3.66. The fraction of sp³-hybridized carbons (Fsp3) is 0.125. The molecule has 0 spiro atoms. The lowest BCUT2D eigenvalue weighted by Gasteiger charge is -2.06. The van der Waals surface area contributed by atoms with E-state index < -0.39 is 11.8 Å². The molecule has 0 radical (unpaired) electrons. The summed E-state index contributed by atoms with van der Waals surface area (Å²) in [6.45, 7) is 0.370. The van der Waals surface area contributed by atoms with Crippen molar-refractivity contribution < 1.29 is 19.1 Å². The smallest absolute Gasteiger partial charge is 0.314 e. The van der Waals surface area contributed by atoms with E-state index >= 15 is 0 Å². The normalized spacial score (nSPS) is 12.2. The predicted octanol–water partition coefficient (Wildman–Crippen LogP) is 0.941. The number of hydrogen-bond acceptors (Lipinski definition) is 6.